The Labute approximate surface area is 88.3 Å². The second kappa shape index (κ2) is 4.18. The van der Waals surface area contributed by atoms with Crippen LogP contribution in [0, 0.1) is 11.3 Å². The van der Waals surface area contributed by atoms with Gasteiger partial charge in [-0.3, -0.25) is 0 Å². The number of ether oxygens (including phenoxy) is 1. The molecule has 7 heteroatoms. The third-order valence-corrected chi connectivity index (χ3v) is 1.72. The molecule has 16 heavy (non-hydrogen) atoms. The normalized spacial score (nSPS) is 10.7. The van der Waals surface area contributed by atoms with Crippen LogP contribution in [0.2, 0.25) is 0 Å². The zero-order chi connectivity index (χ0) is 12.3. The van der Waals surface area contributed by atoms with Gasteiger partial charge >= 0.3 is 12.1 Å². The molecule has 0 aliphatic rings. The summed E-state index contributed by atoms with van der Waals surface area (Å²) in [4.78, 5) is 14.4. The largest absolute Gasteiger partial charge is 0.464 e. The van der Waals surface area contributed by atoms with Gasteiger partial charge < -0.3 is 4.74 Å². The number of alkyl halides is 3. The van der Waals surface area contributed by atoms with Crippen molar-refractivity contribution in [1.82, 2.24) is 4.98 Å². The highest BCUT2D eigenvalue weighted by Gasteiger charge is 2.34. The predicted octanol–water partition coefficient (Wildman–Crippen LogP) is 1.76. The average molecular weight is 230 g/mol. The maximum Gasteiger partial charge on any atom is 0.417 e. The molecule has 0 amide bonds. The molecule has 84 valence electrons. The zero-order valence-corrected chi connectivity index (χ0v) is 8.00. The van der Waals surface area contributed by atoms with E-state index in [9.17, 15) is 18.0 Å². The molecule has 0 radical (unpaired) electrons. The highest BCUT2D eigenvalue weighted by atomic mass is 19.4. The Morgan fingerprint density at radius 2 is 2.19 bits per heavy atom. The summed E-state index contributed by atoms with van der Waals surface area (Å²) in [6.45, 7) is 0. The van der Waals surface area contributed by atoms with Gasteiger partial charge in [-0.05, 0) is 6.07 Å². The van der Waals surface area contributed by atoms with Crippen LogP contribution in [-0.4, -0.2) is 18.1 Å². The molecule has 0 unspecified atom stereocenters. The van der Waals surface area contributed by atoms with Gasteiger partial charge in [-0.1, -0.05) is 0 Å². The van der Waals surface area contributed by atoms with E-state index in [-0.39, 0.29) is 0 Å². The third-order valence-electron chi connectivity index (χ3n) is 1.72. The van der Waals surface area contributed by atoms with Gasteiger partial charge in [-0.2, -0.15) is 18.4 Å². The number of carbonyl (C=O) groups is 1. The molecule has 0 aliphatic heterocycles. The lowest BCUT2D eigenvalue weighted by Crippen LogP contribution is -2.12. The Morgan fingerprint density at radius 1 is 1.56 bits per heavy atom. The average Bonchev–Trinajstić information content (AvgIpc) is 2.26. The molecule has 0 saturated heterocycles. The molecule has 0 spiro atoms. The maximum atomic E-state index is 12.5. The molecule has 1 aromatic heterocycles. The number of rotatable bonds is 1. The van der Waals surface area contributed by atoms with Crippen LogP contribution in [0.1, 0.15) is 21.6 Å². The maximum absolute atomic E-state index is 12.5. The van der Waals surface area contributed by atoms with Crippen LogP contribution < -0.4 is 0 Å². The zero-order valence-electron chi connectivity index (χ0n) is 8.00. The fourth-order valence-electron chi connectivity index (χ4n) is 0.995. The Balaban J connectivity index is 3.34. The number of hydrogen-bond donors (Lipinski definition) is 0. The molecule has 0 bridgehead atoms. The lowest BCUT2D eigenvalue weighted by atomic mass is 10.1. The minimum absolute atomic E-state index is 0.490. The summed E-state index contributed by atoms with van der Waals surface area (Å²) in [5, 5.41) is 8.46. The standard InChI is InChI=1S/C9H5F3N2O2/c1-16-8(15)7-2-6(9(10,11)12)5(3-13)4-14-7/h2,4H,1H3. The quantitative estimate of drug-likeness (QED) is 0.689. The first-order chi connectivity index (χ1) is 7.40. The number of hydrogen-bond acceptors (Lipinski definition) is 4. The van der Waals surface area contributed by atoms with Crippen LogP contribution in [0.4, 0.5) is 13.2 Å². The Hall–Kier alpha value is -2.10. The summed E-state index contributed by atoms with van der Waals surface area (Å²) in [6, 6.07) is 1.84. The van der Waals surface area contributed by atoms with Crippen molar-refractivity contribution < 1.29 is 22.7 Å². The van der Waals surface area contributed by atoms with Gasteiger partial charge in [-0.15, -0.1) is 0 Å². The number of nitriles is 1. The van der Waals surface area contributed by atoms with E-state index in [0.717, 1.165) is 7.11 Å². The molecule has 0 fully saturated rings. The van der Waals surface area contributed by atoms with Crippen molar-refractivity contribution in [2.24, 2.45) is 0 Å². The molecule has 0 aliphatic carbocycles. The minimum Gasteiger partial charge on any atom is -0.464 e. The van der Waals surface area contributed by atoms with Crippen LogP contribution in [0.15, 0.2) is 12.3 Å². The molecule has 0 N–H and O–H groups in total. The molecule has 1 rings (SSSR count). The lowest BCUT2D eigenvalue weighted by molar-refractivity contribution is -0.137. The molecule has 1 aromatic rings. The first kappa shape index (κ1) is 12.0. The number of esters is 1. The van der Waals surface area contributed by atoms with Gasteiger partial charge in [0, 0.05) is 6.20 Å². The van der Waals surface area contributed by atoms with E-state index in [4.69, 9.17) is 5.26 Å². The van der Waals surface area contributed by atoms with Gasteiger partial charge in [-0.25, -0.2) is 9.78 Å². The number of carbonyl (C=O) groups excluding carboxylic acids is 1. The van der Waals surface area contributed by atoms with Gasteiger partial charge in [0.15, 0.2) is 0 Å². The summed E-state index contributed by atoms with van der Waals surface area (Å²) in [6.07, 6.45) is -4.02. The van der Waals surface area contributed by atoms with Crippen LogP contribution >= 0.6 is 0 Å². The first-order valence-corrected chi connectivity index (χ1v) is 3.95. The topological polar surface area (TPSA) is 63.0 Å². The molecular weight excluding hydrogens is 225 g/mol. The fourth-order valence-corrected chi connectivity index (χ4v) is 0.995. The van der Waals surface area contributed by atoms with E-state index < -0.39 is 29.0 Å². The molecule has 0 aromatic carbocycles. The number of halogens is 3. The van der Waals surface area contributed by atoms with Gasteiger partial charge in [0.05, 0.1) is 18.2 Å². The third kappa shape index (κ3) is 2.28. The van der Waals surface area contributed by atoms with E-state index in [1.165, 1.54) is 6.07 Å². The lowest BCUT2D eigenvalue weighted by Gasteiger charge is -2.08. The van der Waals surface area contributed by atoms with Gasteiger partial charge in [0.25, 0.3) is 0 Å². The fraction of sp³-hybridized carbons (Fsp3) is 0.222. The van der Waals surface area contributed by atoms with Crippen molar-refractivity contribution >= 4 is 5.97 Å². The van der Waals surface area contributed by atoms with E-state index in [1.54, 1.807) is 0 Å². The molecular formula is C9H5F3N2O2. The second-order valence-electron chi connectivity index (χ2n) is 2.72. The van der Waals surface area contributed by atoms with Gasteiger partial charge in [0.2, 0.25) is 0 Å². The van der Waals surface area contributed by atoms with Crippen molar-refractivity contribution in [3.63, 3.8) is 0 Å². The first-order valence-electron chi connectivity index (χ1n) is 3.95. The summed E-state index contributed by atoms with van der Waals surface area (Å²) >= 11 is 0. The Bertz CT molecular complexity index is 463. The smallest absolute Gasteiger partial charge is 0.417 e. The molecule has 0 saturated carbocycles. The Kier molecular flexibility index (Phi) is 3.13. The van der Waals surface area contributed by atoms with Crippen LogP contribution in [0.25, 0.3) is 0 Å². The van der Waals surface area contributed by atoms with Crippen molar-refractivity contribution in [2.75, 3.05) is 7.11 Å². The van der Waals surface area contributed by atoms with Crippen molar-refractivity contribution in [2.45, 2.75) is 6.18 Å². The second-order valence-corrected chi connectivity index (χ2v) is 2.72. The van der Waals surface area contributed by atoms with E-state index in [0.29, 0.717) is 12.3 Å². The number of aromatic nitrogens is 1. The van der Waals surface area contributed by atoms with Crippen LogP contribution in [0.5, 0.6) is 0 Å². The number of nitrogens with zero attached hydrogens (tertiary/aromatic N) is 2. The summed E-state index contributed by atoms with van der Waals surface area (Å²) in [5.41, 5.74) is -2.33. The molecule has 1 heterocycles. The number of pyridine rings is 1. The highest BCUT2D eigenvalue weighted by Crippen LogP contribution is 2.31. The summed E-state index contributed by atoms with van der Waals surface area (Å²) < 4.78 is 41.6. The SMILES string of the molecule is COC(=O)c1cc(C(F)(F)F)c(C#N)cn1. The van der Waals surface area contributed by atoms with Crippen LogP contribution in [0.3, 0.4) is 0 Å². The van der Waals surface area contributed by atoms with Crippen molar-refractivity contribution in [3.05, 3.63) is 29.1 Å². The Morgan fingerprint density at radius 3 is 2.62 bits per heavy atom. The predicted molar refractivity (Wildman–Crippen MR) is 45.3 cm³/mol. The number of methoxy groups -OCH3 is 1. The van der Waals surface area contributed by atoms with Crippen molar-refractivity contribution in [1.29, 1.82) is 5.26 Å². The van der Waals surface area contributed by atoms with E-state index in [2.05, 4.69) is 9.72 Å². The van der Waals surface area contributed by atoms with Gasteiger partial charge in [0.1, 0.15) is 11.8 Å². The molecule has 0 atom stereocenters. The molecule has 4 nitrogen and oxygen atoms in total. The van der Waals surface area contributed by atoms with E-state index >= 15 is 0 Å². The van der Waals surface area contributed by atoms with Crippen LogP contribution in [-0.2, 0) is 10.9 Å². The minimum atomic E-state index is -4.71. The summed E-state index contributed by atoms with van der Waals surface area (Å²) in [5.74, 6) is -0.991. The summed E-state index contributed by atoms with van der Waals surface area (Å²) in [7, 11) is 1.02. The van der Waals surface area contributed by atoms with E-state index in [1.807, 2.05) is 0 Å². The monoisotopic (exact) mass is 230 g/mol. The van der Waals surface area contributed by atoms with Crippen molar-refractivity contribution in [3.8, 4) is 6.07 Å². The highest BCUT2D eigenvalue weighted by molar-refractivity contribution is 5.87.